The highest BCUT2D eigenvalue weighted by atomic mass is 32.1. The van der Waals surface area contributed by atoms with Crippen LogP contribution in [-0.4, -0.2) is 45.4 Å². The first-order valence-corrected chi connectivity index (χ1v) is 15.7. The number of hydrogen-bond acceptors (Lipinski definition) is 9. The highest BCUT2D eigenvalue weighted by molar-refractivity contribution is 7.22. The number of anilines is 1. The number of thiazole rings is 1. The Hall–Kier alpha value is -5.68. The SMILES string of the molecule is COc1ccc2nc(N3C(=O)C(=O)C(=C(O)c4nc5c(C)cccn5c4C)C3c3ccc(OCc4ccccc4)c(OC)c3)sc2c1. The number of Topliss-reactive ketones (excluding diaryl/α,β-unsaturated/α-hetero) is 1. The summed E-state index contributed by atoms with van der Waals surface area (Å²) >= 11 is 1.25. The quantitative estimate of drug-likeness (QED) is 0.109. The molecule has 1 fully saturated rings. The molecule has 0 saturated carbocycles. The Bertz CT molecular complexity index is 2220. The first-order valence-electron chi connectivity index (χ1n) is 14.8. The van der Waals surface area contributed by atoms with Gasteiger partial charge in [-0.1, -0.05) is 53.8 Å². The van der Waals surface area contributed by atoms with Gasteiger partial charge in [-0.3, -0.25) is 14.5 Å². The molecule has 1 N–H and O–H groups in total. The Kier molecular flexibility index (Phi) is 7.61. The van der Waals surface area contributed by atoms with Crippen molar-refractivity contribution < 1.29 is 28.9 Å². The summed E-state index contributed by atoms with van der Waals surface area (Å²) in [5, 5.41) is 12.2. The molecule has 1 amide bonds. The molecule has 47 heavy (non-hydrogen) atoms. The molecule has 6 aromatic rings. The summed E-state index contributed by atoms with van der Waals surface area (Å²) < 4.78 is 19.8. The molecule has 0 aliphatic carbocycles. The van der Waals surface area contributed by atoms with E-state index in [1.807, 2.05) is 73.0 Å². The highest BCUT2D eigenvalue weighted by Gasteiger charge is 2.49. The zero-order valence-electron chi connectivity index (χ0n) is 26.1. The molecule has 11 heteroatoms. The number of methoxy groups -OCH3 is 2. The molecule has 10 nitrogen and oxygen atoms in total. The Morgan fingerprint density at radius 1 is 0.915 bits per heavy atom. The molecule has 0 radical (unpaired) electrons. The number of ether oxygens (including phenoxy) is 3. The summed E-state index contributed by atoms with van der Waals surface area (Å²) in [6, 6.07) is 23.1. The average Bonchev–Trinajstić information content (AvgIpc) is 3.75. The number of imidazole rings is 1. The van der Waals surface area contributed by atoms with Crippen LogP contribution in [0.15, 0.2) is 90.6 Å². The van der Waals surface area contributed by atoms with E-state index >= 15 is 0 Å². The Balaban J connectivity index is 1.39. The van der Waals surface area contributed by atoms with Crippen molar-refractivity contribution in [2.75, 3.05) is 19.1 Å². The molecule has 1 atom stereocenters. The van der Waals surface area contributed by atoms with E-state index in [0.717, 1.165) is 15.8 Å². The van der Waals surface area contributed by atoms with Gasteiger partial charge < -0.3 is 23.7 Å². The highest BCUT2D eigenvalue weighted by Crippen LogP contribution is 2.46. The third kappa shape index (κ3) is 5.14. The molecule has 1 aliphatic rings. The zero-order chi connectivity index (χ0) is 32.8. The van der Waals surface area contributed by atoms with Gasteiger partial charge in [0.15, 0.2) is 22.4 Å². The van der Waals surface area contributed by atoms with Crippen LogP contribution in [0.2, 0.25) is 0 Å². The van der Waals surface area contributed by atoms with Crippen LogP contribution in [0.25, 0.3) is 21.6 Å². The molecule has 1 unspecified atom stereocenters. The van der Waals surface area contributed by atoms with Crippen molar-refractivity contribution >= 4 is 49.8 Å². The normalized spacial score (nSPS) is 15.9. The summed E-state index contributed by atoms with van der Waals surface area (Å²) in [6.07, 6.45) is 1.84. The summed E-state index contributed by atoms with van der Waals surface area (Å²) in [6.45, 7) is 4.04. The second-order valence-corrected chi connectivity index (χ2v) is 12.1. The number of carbonyl (C=O) groups excluding carboxylic acids is 2. The molecule has 1 saturated heterocycles. The maximum atomic E-state index is 13.9. The third-order valence-corrected chi connectivity index (χ3v) is 9.30. The Morgan fingerprint density at radius 2 is 1.72 bits per heavy atom. The number of aliphatic hydroxyl groups is 1. The number of aliphatic hydroxyl groups excluding tert-OH is 1. The minimum absolute atomic E-state index is 0.101. The second kappa shape index (κ2) is 11.9. The average molecular weight is 647 g/mol. The predicted octanol–water partition coefficient (Wildman–Crippen LogP) is 6.78. The number of benzene rings is 3. The third-order valence-electron chi connectivity index (χ3n) is 8.28. The topological polar surface area (TPSA) is 115 Å². The molecule has 0 bridgehead atoms. The van der Waals surface area contributed by atoms with Crippen molar-refractivity contribution in [2.45, 2.75) is 26.5 Å². The smallest absolute Gasteiger partial charge is 0.301 e. The van der Waals surface area contributed by atoms with E-state index < -0.39 is 17.7 Å². The Morgan fingerprint density at radius 3 is 2.47 bits per heavy atom. The van der Waals surface area contributed by atoms with Gasteiger partial charge in [-0.15, -0.1) is 0 Å². The van der Waals surface area contributed by atoms with Gasteiger partial charge in [-0.2, -0.15) is 0 Å². The van der Waals surface area contributed by atoms with E-state index in [1.165, 1.54) is 23.3 Å². The summed E-state index contributed by atoms with van der Waals surface area (Å²) in [4.78, 5) is 38.6. The van der Waals surface area contributed by atoms with Crippen LogP contribution < -0.4 is 19.1 Å². The second-order valence-electron chi connectivity index (χ2n) is 11.1. The van der Waals surface area contributed by atoms with E-state index in [4.69, 9.17) is 24.2 Å². The van der Waals surface area contributed by atoms with Crippen LogP contribution in [-0.2, 0) is 16.2 Å². The van der Waals surface area contributed by atoms with Crippen molar-refractivity contribution in [2.24, 2.45) is 0 Å². The van der Waals surface area contributed by atoms with Crippen molar-refractivity contribution in [1.29, 1.82) is 0 Å². The minimum Gasteiger partial charge on any atom is -0.505 e. The number of ketones is 1. The van der Waals surface area contributed by atoms with Gasteiger partial charge in [0, 0.05) is 6.20 Å². The molecular formula is C36H30N4O6S. The van der Waals surface area contributed by atoms with Crippen molar-refractivity contribution in [1.82, 2.24) is 14.4 Å². The van der Waals surface area contributed by atoms with E-state index in [9.17, 15) is 14.7 Å². The molecule has 7 rings (SSSR count). The van der Waals surface area contributed by atoms with Gasteiger partial charge in [0.05, 0.1) is 41.7 Å². The van der Waals surface area contributed by atoms with Gasteiger partial charge in [0.25, 0.3) is 5.78 Å². The van der Waals surface area contributed by atoms with Gasteiger partial charge in [0.2, 0.25) is 0 Å². The molecule has 3 aromatic carbocycles. The number of nitrogens with zero attached hydrogens (tertiary/aromatic N) is 4. The maximum absolute atomic E-state index is 13.9. The van der Waals surface area contributed by atoms with Crippen LogP contribution in [0.5, 0.6) is 17.2 Å². The minimum atomic E-state index is -1.04. The predicted molar refractivity (Wildman–Crippen MR) is 179 cm³/mol. The number of amides is 1. The molecule has 236 valence electrons. The maximum Gasteiger partial charge on any atom is 0.301 e. The van der Waals surface area contributed by atoms with E-state index in [-0.39, 0.29) is 17.0 Å². The number of aryl methyl sites for hydroxylation is 2. The number of hydrogen-bond donors (Lipinski definition) is 1. The van der Waals surface area contributed by atoms with Crippen LogP contribution in [0.1, 0.15) is 34.1 Å². The molecule has 4 heterocycles. The molecule has 0 spiro atoms. The standard InChI is InChI=1S/C36H30N4O6S/c1-20-9-8-16-39-21(2)30(38-34(20)39)32(41)29-31(23-12-15-26(27(17-23)45-4)46-19-22-10-6-5-7-11-22)40(35(43)33(29)42)36-37-25-14-13-24(44-3)18-28(25)47-36/h5-18,31,41H,19H2,1-4H3. The van der Waals surface area contributed by atoms with Crippen LogP contribution >= 0.6 is 11.3 Å². The molecule has 3 aromatic heterocycles. The molecule has 1 aliphatic heterocycles. The monoisotopic (exact) mass is 646 g/mol. The van der Waals surface area contributed by atoms with E-state index in [2.05, 4.69) is 0 Å². The van der Waals surface area contributed by atoms with E-state index in [1.54, 1.807) is 37.4 Å². The lowest BCUT2D eigenvalue weighted by atomic mass is 9.96. The van der Waals surface area contributed by atoms with Crippen LogP contribution in [0.3, 0.4) is 0 Å². The number of fused-ring (bicyclic) bond motifs is 2. The van der Waals surface area contributed by atoms with Gasteiger partial charge in [0.1, 0.15) is 23.7 Å². The number of pyridine rings is 1. The lowest BCUT2D eigenvalue weighted by molar-refractivity contribution is -0.132. The van der Waals surface area contributed by atoms with Gasteiger partial charge in [-0.25, -0.2) is 9.97 Å². The number of rotatable bonds is 8. The lowest BCUT2D eigenvalue weighted by Crippen LogP contribution is -2.29. The van der Waals surface area contributed by atoms with Crippen LogP contribution in [0.4, 0.5) is 5.13 Å². The summed E-state index contributed by atoms with van der Waals surface area (Å²) in [5.41, 5.74) is 4.41. The number of carbonyl (C=O) groups is 2. The van der Waals surface area contributed by atoms with Crippen LogP contribution in [0, 0.1) is 13.8 Å². The van der Waals surface area contributed by atoms with E-state index in [0.29, 0.717) is 51.4 Å². The van der Waals surface area contributed by atoms with Crippen molar-refractivity contribution in [3.05, 3.63) is 119 Å². The fourth-order valence-corrected chi connectivity index (χ4v) is 6.87. The largest absolute Gasteiger partial charge is 0.505 e. The lowest BCUT2D eigenvalue weighted by Gasteiger charge is -2.23. The Labute approximate surface area is 274 Å². The van der Waals surface area contributed by atoms with Gasteiger partial charge >= 0.3 is 5.91 Å². The fraction of sp³-hybridized carbons (Fsp3) is 0.167. The summed E-state index contributed by atoms with van der Waals surface area (Å²) in [5.74, 6) is -0.514. The first-order chi connectivity index (χ1) is 22.8. The zero-order valence-corrected chi connectivity index (χ0v) is 26.9. The fourth-order valence-electron chi connectivity index (χ4n) is 5.85. The first kappa shape index (κ1) is 30.0. The van der Waals surface area contributed by atoms with Crippen molar-refractivity contribution in [3.8, 4) is 17.2 Å². The van der Waals surface area contributed by atoms with Crippen molar-refractivity contribution in [3.63, 3.8) is 0 Å². The number of aromatic nitrogens is 3. The van der Waals surface area contributed by atoms with Gasteiger partial charge in [-0.05, 0) is 66.9 Å². The summed E-state index contributed by atoms with van der Waals surface area (Å²) in [7, 11) is 3.10. The molecular weight excluding hydrogens is 616 g/mol.